The van der Waals surface area contributed by atoms with Gasteiger partial charge in [-0.2, -0.15) is 0 Å². The summed E-state index contributed by atoms with van der Waals surface area (Å²) in [6.07, 6.45) is 0. The third kappa shape index (κ3) is 2.03. The number of H-pyrrole nitrogens is 1. The number of halogens is 1. The van der Waals surface area contributed by atoms with E-state index in [0.717, 1.165) is 17.0 Å². The third-order valence-corrected chi connectivity index (χ3v) is 3.19. The highest BCUT2D eigenvalue weighted by Gasteiger charge is 2.10. The summed E-state index contributed by atoms with van der Waals surface area (Å²) in [6.45, 7) is 4.05. The van der Waals surface area contributed by atoms with Crippen molar-refractivity contribution in [2.75, 3.05) is 0 Å². The molecule has 0 spiro atoms. The molecule has 0 aliphatic rings. The fourth-order valence-electron chi connectivity index (χ4n) is 1.61. The molecule has 0 saturated carbocycles. The number of nitrogens with one attached hydrogen (secondary N) is 1. The topological polar surface area (TPSA) is 48.9 Å². The van der Waals surface area contributed by atoms with Crippen LogP contribution in [-0.4, -0.2) is 15.1 Å². The van der Waals surface area contributed by atoms with E-state index in [0.29, 0.717) is 10.3 Å². The number of benzene rings is 1. The van der Waals surface area contributed by atoms with Crippen molar-refractivity contribution in [1.82, 2.24) is 9.97 Å². The van der Waals surface area contributed by atoms with E-state index in [4.69, 9.17) is 5.11 Å². The fraction of sp³-hybridized carbons (Fsp3) is 0.250. The van der Waals surface area contributed by atoms with Crippen LogP contribution in [0, 0.1) is 13.8 Å². The molecule has 2 rings (SSSR count). The van der Waals surface area contributed by atoms with Crippen LogP contribution in [0.15, 0.2) is 22.8 Å². The van der Waals surface area contributed by atoms with E-state index in [1.807, 2.05) is 13.8 Å². The lowest BCUT2D eigenvalue weighted by Gasteiger charge is -2.03. The van der Waals surface area contributed by atoms with Gasteiger partial charge in [-0.25, -0.2) is 4.98 Å². The Bertz CT molecular complexity index is 520. The molecule has 1 aromatic carbocycles. The van der Waals surface area contributed by atoms with Crippen molar-refractivity contribution >= 4 is 15.9 Å². The predicted molar refractivity (Wildman–Crippen MR) is 67.1 cm³/mol. The van der Waals surface area contributed by atoms with Crippen LogP contribution in [0.25, 0.3) is 11.4 Å². The summed E-state index contributed by atoms with van der Waals surface area (Å²) in [5.74, 6) is 0.789. The standard InChI is InChI=1S/C12H13BrN2O/c1-7-3-4-8(2)9(5-7)12-14-10(6-16)11(13)15-12/h3-5,16H,6H2,1-2H3,(H,14,15). The number of nitrogens with zero attached hydrogens (tertiary/aromatic N) is 1. The van der Waals surface area contributed by atoms with Gasteiger partial charge in [-0.15, -0.1) is 0 Å². The molecule has 0 radical (unpaired) electrons. The maximum absolute atomic E-state index is 9.10. The van der Waals surface area contributed by atoms with Crippen LogP contribution in [0.1, 0.15) is 16.8 Å². The van der Waals surface area contributed by atoms with Crippen LogP contribution in [0.2, 0.25) is 0 Å². The molecule has 16 heavy (non-hydrogen) atoms. The minimum Gasteiger partial charge on any atom is -0.390 e. The number of rotatable bonds is 2. The highest BCUT2D eigenvalue weighted by Crippen LogP contribution is 2.25. The Morgan fingerprint density at radius 2 is 2.12 bits per heavy atom. The fourth-order valence-corrected chi connectivity index (χ4v) is 2.01. The molecule has 0 unspecified atom stereocenters. The third-order valence-electron chi connectivity index (χ3n) is 2.53. The van der Waals surface area contributed by atoms with E-state index in [-0.39, 0.29) is 6.61 Å². The smallest absolute Gasteiger partial charge is 0.139 e. The highest BCUT2D eigenvalue weighted by atomic mass is 79.9. The van der Waals surface area contributed by atoms with Crippen molar-refractivity contribution in [3.63, 3.8) is 0 Å². The quantitative estimate of drug-likeness (QED) is 0.889. The minimum atomic E-state index is -0.0432. The Morgan fingerprint density at radius 1 is 1.38 bits per heavy atom. The number of aliphatic hydroxyl groups excluding tert-OH is 1. The van der Waals surface area contributed by atoms with Crippen molar-refractivity contribution in [3.05, 3.63) is 39.6 Å². The second kappa shape index (κ2) is 4.39. The molecule has 2 N–H and O–H groups in total. The number of hydrogen-bond donors (Lipinski definition) is 2. The lowest BCUT2D eigenvalue weighted by molar-refractivity contribution is 0.276. The average Bonchev–Trinajstić information content (AvgIpc) is 2.63. The molecule has 0 aliphatic carbocycles. The Labute approximate surface area is 103 Å². The van der Waals surface area contributed by atoms with Gasteiger partial charge in [0.1, 0.15) is 10.4 Å². The predicted octanol–water partition coefficient (Wildman–Crippen LogP) is 2.95. The van der Waals surface area contributed by atoms with Crippen molar-refractivity contribution in [3.8, 4) is 11.4 Å². The first-order chi connectivity index (χ1) is 7.61. The number of hydrogen-bond acceptors (Lipinski definition) is 2. The first-order valence-electron chi connectivity index (χ1n) is 5.04. The second-order valence-corrected chi connectivity index (χ2v) is 4.58. The van der Waals surface area contributed by atoms with Gasteiger partial charge in [0.25, 0.3) is 0 Å². The van der Waals surface area contributed by atoms with E-state index in [2.05, 4.69) is 44.1 Å². The Kier molecular flexibility index (Phi) is 3.12. The lowest BCUT2D eigenvalue weighted by Crippen LogP contribution is -1.88. The van der Waals surface area contributed by atoms with E-state index in [9.17, 15) is 0 Å². The molecule has 0 amide bonds. The zero-order valence-corrected chi connectivity index (χ0v) is 10.8. The van der Waals surface area contributed by atoms with Gasteiger partial charge in [-0.05, 0) is 41.4 Å². The molecule has 0 saturated heterocycles. The molecule has 1 aromatic heterocycles. The molecule has 84 valence electrons. The van der Waals surface area contributed by atoms with E-state index in [1.54, 1.807) is 0 Å². The maximum Gasteiger partial charge on any atom is 0.139 e. The summed E-state index contributed by atoms with van der Waals surface area (Å²) >= 11 is 3.32. The van der Waals surface area contributed by atoms with Crippen LogP contribution >= 0.6 is 15.9 Å². The summed E-state index contributed by atoms with van der Waals surface area (Å²) in [5.41, 5.74) is 4.13. The van der Waals surface area contributed by atoms with Crippen LogP contribution in [-0.2, 0) is 6.61 Å². The number of aromatic amines is 1. The van der Waals surface area contributed by atoms with Crippen LogP contribution in [0.5, 0.6) is 0 Å². The summed E-state index contributed by atoms with van der Waals surface area (Å²) in [7, 11) is 0. The first-order valence-corrected chi connectivity index (χ1v) is 5.84. The van der Waals surface area contributed by atoms with E-state index >= 15 is 0 Å². The van der Waals surface area contributed by atoms with Crippen molar-refractivity contribution in [1.29, 1.82) is 0 Å². The van der Waals surface area contributed by atoms with Crippen LogP contribution < -0.4 is 0 Å². The molecule has 3 nitrogen and oxygen atoms in total. The lowest BCUT2D eigenvalue weighted by atomic mass is 10.1. The van der Waals surface area contributed by atoms with Gasteiger partial charge in [0.05, 0.1) is 12.3 Å². The number of imidazole rings is 1. The van der Waals surface area contributed by atoms with Crippen molar-refractivity contribution < 1.29 is 5.11 Å². The minimum absolute atomic E-state index is 0.0432. The summed E-state index contributed by atoms with van der Waals surface area (Å²) in [4.78, 5) is 7.46. The molecule has 0 fully saturated rings. The largest absolute Gasteiger partial charge is 0.390 e. The zero-order chi connectivity index (χ0) is 11.7. The van der Waals surface area contributed by atoms with E-state index in [1.165, 1.54) is 5.56 Å². The van der Waals surface area contributed by atoms with Crippen molar-refractivity contribution in [2.24, 2.45) is 0 Å². The van der Waals surface area contributed by atoms with Gasteiger partial charge < -0.3 is 10.1 Å². The van der Waals surface area contributed by atoms with Crippen molar-refractivity contribution in [2.45, 2.75) is 20.5 Å². The number of aliphatic hydroxyl groups is 1. The Balaban J connectivity index is 2.53. The highest BCUT2D eigenvalue weighted by molar-refractivity contribution is 9.10. The Hall–Kier alpha value is -1.13. The monoisotopic (exact) mass is 280 g/mol. The summed E-state index contributed by atoms with van der Waals surface area (Å²) < 4.78 is 0.672. The second-order valence-electron chi connectivity index (χ2n) is 3.83. The normalized spacial score (nSPS) is 10.8. The molecule has 4 heteroatoms. The number of aryl methyl sites for hydroxylation is 2. The molecular formula is C12H13BrN2O. The molecular weight excluding hydrogens is 268 g/mol. The molecule has 1 heterocycles. The SMILES string of the molecule is Cc1ccc(C)c(-c2nc(Br)c(CO)[nH]2)c1. The summed E-state index contributed by atoms with van der Waals surface area (Å²) in [5, 5.41) is 9.10. The zero-order valence-electron chi connectivity index (χ0n) is 9.21. The van der Waals surface area contributed by atoms with Gasteiger partial charge >= 0.3 is 0 Å². The molecule has 0 aliphatic heterocycles. The van der Waals surface area contributed by atoms with Crippen LogP contribution in [0.3, 0.4) is 0 Å². The van der Waals surface area contributed by atoms with Gasteiger partial charge in [-0.3, -0.25) is 0 Å². The van der Waals surface area contributed by atoms with Crippen LogP contribution in [0.4, 0.5) is 0 Å². The van der Waals surface area contributed by atoms with Gasteiger partial charge in [-0.1, -0.05) is 17.7 Å². The molecule has 0 bridgehead atoms. The van der Waals surface area contributed by atoms with E-state index < -0.39 is 0 Å². The van der Waals surface area contributed by atoms with Gasteiger partial charge in [0.2, 0.25) is 0 Å². The van der Waals surface area contributed by atoms with Gasteiger partial charge in [0.15, 0.2) is 0 Å². The number of aromatic nitrogens is 2. The maximum atomic E-state index is 9.10. The average molecular weight is 281 g/mol. The van der Waals surface area contributed by atoms with Gasteiger partial charge in [0, 0.05) is 5.56 Å². The summed E-state index contributed by atoms with van der Waals surface area (Å²) in [6, 6.07) is 6.23. The molecule has 0 atom stereocenters. The Morgan fingerprint density at radius 3 is 2.75 bits per heavy atom. The first kappa shape index (κ1) is 11.4. The molecule has 2 aromatic rings.